The lowest BCUT2D eigenvalue weighted by atomic mass is 10.0. The number of quaternary nitrogens is 1. The van der Waals surface area contributed by atoms with E-state index in [1.807, 2.05) is 6.07 Å². The summed E-state index contributed by atoms with van der Waals surface area (Å²) in [6, 6.07) is 1.99. The third kappa shape index (κ3) is 2.56. The van der Waals surface area contributed by atoms with E-state index in [2.05, 4.69) is 0 Å². The van der Waals surface area contributed by atoms with Gasteiger partial charge < -0.3 is 10.0 Å². The van der Waals surface area contributed by atoms with Gasteiger partial charge in [0.15, 0.2) is 0 Å². The Balaban J connectivity index is 2.46. The third-order valence-corrected chi connectivity index (χ3v) is 4.23. The summed E-state index contributed by atoms with van der Waals surface area (Å²) in [6.07, 6.45) is 3.67. The number of likely N-dealkylation sites (tertiary alicyclic amines) is 1. The number of hydrogen-bond acceptors (Lipinski definition) is 3. The second-order valence-electron chi connectivity index (χ2n) is 5.45. The fraction of sp³-hybridized carbons (Fsp3) is 0.600. The molecule has 1 aliphatic rings. The molecule has 2 heterocycles. The van der Waals surface area contributed by atoms with Gasteiger partial charge in [0.25, 0.3) is 5.56 Å². The number of aromatic nitrogens is 1. The Morgan fingerprint density at radius 2 is 2.00 bits per heavy atom. The molecule has 2 rings (SSSR count). The van der Waals surface area contributed by atoms with Crippen molar-refractivity contribution in [2.45, 2.75) is 46.2 Å². The number of aromatic hydroxyl groups is 1. The van der Waals surface area contributed by atoms with Crippen molar-refractivity contribution < 1.29 is 10.0 Å². The Bertz CT molecular complexity index is 593. The molecule has 0 aliphatic carbocycles. The molecule has 1 aliphatic heterocycles. The second kappa shape index (κ2) is 6.10. The largest absolute Gasteiger partial charge is 0.494 e. The van der Waals surface area contributed by atoms with Crippen molar-refractivity contribution in [1.82, 2.24) is 4.57 Å². The highest BCUT2D eigenvalue weighted by atomic mass is 16.3. The maximum Gasteiger partial charge on any atom is 0.271 e. The first-order valence-corrected chi connectivity index (χ1v) is 7.29. The van der Waals surface area contributed by atoms with Gasteiger partial charge >= 0.3 is 0 Å². The molecule has 1 saturated heterocycles. The van der Waals surface area contributed by atoms with E-state index < -0.39 is 0 Å². The van der Waals surface area contributed by atoms with E-state index >= 15 is 0 Å². The van der Waals surface area contributed by atoms with Gasteiger partial charge in [-0.3, -0.25) is 9.36 Å². The van der Waals surface area contributed by atoms with Gasteiger partial charge in [0.05, 0.1) is 18.7 Å². The van der Waals surface area contributed by atoms with Crippen LogP contribution in [0.5, 0.6) is 5.88 Å². The molecule has 1 fully saturated rings. The van der Waals surface area contributed by atoms with E-state index in [0.717, 1.165) is 18.7 Å². The van der Waals surface area contributed by atoms with Gasteiger partial charge in [-0.25, -0.2) is 0 Å². The number of nitrogens with zero attached hydrogens (tertiary/aromatic N) is 2. The molecule has 0 saturated carbocycles. The number of piperidine rings is 1. The van der Waals surface area contributed by atoms with Crippen molar-refractivity contribution in [3.05, 3.63) is 27.0 Å². The molecule has 20 heavy (non-hydrogen) atoms. The molecule has 0 bridgehead atoms. The van der Waals surface area contributed by atoms with Gasteiger partial charge in [-0.1, -0.05) is 0 Å². The highest BCUT2D eigenvalue weighted by molar-refractivity contribution is 5.44. The fourth-order valence-electron chi connectivity index (χ4n) is 2.99. The number of nitriles is 1. The molecule has 0 amide bonds. The first kappa shape index (κ1) is 14.6. The monoisotopic (exact) mass is 276 g/mol. The zero-order valence-electron chi connectivity index (χ0n) is 12.2. The highest BCUT2D eigenvalue weighted by Gasteiger charge is 2.23. The first-order chi connectivity index (χ1) is 9.60. The van der Waals surface area contributed by atoms with Gasteiger partial charge in [0, 0.05) is 6.54 Å². The number of rotatable bonds is 3. The minimum Gasteiger partial charge on any atom is -0.494 e. The van der Waals surface area contributed by atoms with Gasteiger partial charge in [0.2, 0.25) is 5.88 Å². The van der Waals surface area contributed by atoms with E-state index in [1.165, 1.54) is 28.7 Å². The normalized spacial score (nSPS) is 16.1. The smallest absolute Gasteiger partial charge is 0.271 e. The highest BCUT2D eigenvalue weighted by Crippen LogP contribution is 2.20. The summed E-state index contributed by atoms with van der Waals surface area (Å²) >= 11 is 0. The molecule has 1 aromatic rings. The van der Waals surface area contributed by atoms with Gasteiger partial charge in [-0.15, -0.1) is 0 Å². The molecule has 0 unspecified atom stereocenters. The van der Waals surface area contributed by atoms with Crippen LogP contribution in [0.2, 0.25) is 0 Å². The summed E-state index contributed by atoms with van der Waals surface area (Å²) in [5.74, 6) is 0.0343. The molecular weight excluding hydrogens is 254 g/mol. The Morgan fingerprint density at radius 1 is 1.35 bits per heavy atom. The summed E-state index contributed by atoms with van der Waals surface area (Å²) in [7, 11) is 0. The van der Waals surface area contributed by atoms with Crippen molar-refractivity contribution in [3.63, 3.8) is 0 Å². The molecule has 0 aromatic carbocycles. The van der Waals surface area contributed by atoms with Crippen molar-refractivity contribution >= 4 is 0 Å². The van der Waals surface area contributed by atoms with Gasteiger partial charge in [-0.2, -0.15) is 5.26 Å². The lowest BCUT2D eigenvalue weighted by Crippen LogP contribution is -3.11. The van der Waals surface area contributed by atoms with E-state index in [0.29, 0.717) is 18.7 Å². The van der Waals surface area contributed by atoms with E-state index in [4.69, 9.17) is 0 Å². The Kier molecular flexibility index (Phi) is 4.46. The van der Waals surface area contributed by atoms with Crippen LogP contribution in [-0.4, -0.2) is 22.8 Å². The third-order valence-electron chi connectivity index (χ3n) is 4.23. The fourth-order valence-corrected chi connectivity index (χ4v) is 2.99. The zero-order valence-corrected chi connectivity index (χ0v) is 12.2. The zero-order chi connectivity index (χ0) is 14.7. The standard InChI is InChI=1S/C15H21N3O2/c1-3-18-14(19)12(9-16)11(2)13(15(18)20)10-17-7-5-4-6-8-17/h20H,3-8,10H2,1-2H3/p+1. The van der Waals surface area contributed by atoms with Crippen LogP contribution >= 0.6 is 0 Å². The molecule has 0 radical (unpaired) electrons. The molecular formula is C15H22N3O2+. The van der Waals surface area contributed by atoms with Crippen molar-refractivity contribution in [2.75, 3.05) is 13.1 Å². The molecule has 0 atom stereocenters. The van der Waals surface area contributed by atoms with E-state index in [-0.39, 0.29) is 17.0 Å². The maximum atomic E-state index is 12.1. The van der Waals surface area contributed by atoms with E-state index in [1.54, 1.807) is 13.8 Å². The molecule has 5 heteroatoms. The first-order valence-electron chi connectivity index (χ1n) is 7.29. The minimum atomic E-state index is -0.387. The molecule has 1 aromatic heterocycles. The molecule has 5 nitrogen and oxygen atoms in total. The Morgan fingerprint density at radius 3 is 2.55 bits per heavy atom. The summed E-state index contributed by atoms with van der Waals surface area (Å²) in [6.45, 7) is 6.81. The average Bonchev–Trinajstić information content (AvgIpc) is 2.46. The van der Waals surface area contributed by atoms with Crippen LogP contribution in [0.1, 0.15) is 42.9 Å². The van der Waals surface area contributed by atoms with Crippen LogP contribution in [0.4, 0.5) is 0 Å². The Hall–Kier alpha value is -1.80. The van der Waals surface area contributed by atoms with Crippen molar-refractivity contribution in [2.24, 2.45) is 0 Å². The van der Waals surface area contributed by atoms with Crippen LogP contribution in [0.25, 0.3) is 0 Å². The van der Waals surface area contributed by atoms with Crippen molar-refractivity contribution in [3.8, 4) is 11.9 Å². The summed E-state index contributed by atoms with van der Waals surface area (Å²) < 4.78 is 1.30. The van der Waals surface area contributed by atoms with Crippen molar-refractivity contribution in [1.29, 1.82) is 5.26 Å². The number of nitrogens with one attached hydrogen (secondary N) is 1. The van der Waals surface area contributed by atoms with Crippen LogP contribution in [0.3, 0.4) is 0 Å². The minimum absolute atomic E-state index is 0.0343. The lowest BCUT2D eigenvalue weighted by molar-refractivity contribution is -0.918. The number of hydrogen-bond donors (Lipinski definition) is 2. The van der Waals surface area contributed by atoms with Gasteiger partial charge in [-0.05, 0) is 38.7 Å². The van der Waals surface area contributed by atoms with Crippen LogP contribution in [0, 0.1) is 18.3 Å². The lowest BCUT2D eigenvalue weighted by Gasteiger charge is -2.25. The predicted molar refractivity (Wildman–Crippen MR) is 75.7 cm³/mol. The summed E-state index contributed by atoms with van der Waals surface area (Å²) in [5.41, 5.74) is 1.16. The van der Waals surface area contributed by atoms with Gasteiger partial charge in [0.1, 0.15) is 18.2 Å². The van der Waals surface area contributed by atoms with Crippen LogP contribution < -0.4 is 10.5 Å². The quantitative estimate of drug-likeness (QED) is 0.835. The molecule has 2 N–H and O–H groups in total. The molecule has 0 spiro atoms. The average molecular weight is 276 g/mol. The Labute approximate surface area is 119 Å². The van der Waals surface area contributed by atoms with Crippen LogP contribution in [-0.2, 0) is 13.1 Å². The second-order valence-corrected chi connectivity index (χ2v) is 5.45. The molecule has 108 valence electrons. The predicted octanol–water partition coefficient (Wildman–Crippen LogP) is 0.323. The van der Waals surface area contributed by atoms with E-state index in [9.17, 15) is 15.2 Å². The van der Waals surface area contributed by atoms with Crippen LogP contribution in [0.15, 0.2) is 4.79 Å². The topological polar surface area (TPSA) is 70.5 Å². The summed E-state index contributed by atoms with van der Waals surface area (Å²) in [4.78, 5) is 13.5. The SMILES string of the molecule is CCn1c(O)c(C[NH+]2CCCCC2)c(C)c(C#N)c1=O. The number of pyridine rings is 1. The maximum absolute atomic E-state index is 12.1. The summed E-state index contributed by atoms with van der Waals surface area (Å²) in [5, 5.41) is 19.5.